The molecule has 0 amide bonds. The van der Waals surface area contributed by atoms with Gasteiger partial charge in [-0.2, -0.15) is 0 Å². The molecule has 0 bridgehead atoms. The average molecular weight is 341 g/mol. The molecule has 4 heteroatoms. The lowest BCUT2D eigenvalue weighted by molar-refractivity contribution is -0.143. The van der Waals surface area contributed by atoms with E-state index in [2.05, 4.69) is 6.08 Å². The van der Waals surface area contributed by atoms with Crippen molar-refractivity contribution in [3.63, 3.8) is 0 Å². The van der Waals surface area contributed by atoms with Gasteiger partial charge in [-0.15, -0.1) is 0 Å². The van der Waals surface area contributed by atoms with E-state index in [1.807, 2.05) is 45.9 Å². The molecule has 24 heavy (non-hydrogen) atoms. The van der Waals surface area contributed by atoms with Crippen molar-refractivity contribution >= 4 is 11.9 Å². The number of allylic oxidation sites excluding steroid dienone is 4. The quantitative estimate of drug-likeness (QED) is 0.353. The highest BCUT2D eigenvalue weighted by atomic mass is 16.4. The zero-order chi connectivity index (χ0) is 18.8. The van der Waals surface area contributed by atoms with Gasteiger partial charge in [0.1, 0.15) is 0 Å². The van der Waals surface area contributed by atoms with Crippen LogP contribution in [0.5, 0.6) is 0 Å². The van der Waals surface area contributed by atoms with Crippen LogP contribution < -0.4 is 0 Å². The summed E-state index contributed by atoms with van der Waals surface area (Å²) in [5.74, 6) is -1.60. The summed E-state index contributed by atoms with van der Waals surface area (Å²) in [6.45, 7) is 7.88. The normalized spacial score (nSPS) is 13.5. The fourth-order valence-corrected chi connectivity index (χ4v) is 2.35. The monoisotopic (exact) mass is 340 g/mol. The van der Waals surface area contributed by atoms with E-state index >= 15 is 0 Å². The van der Waals surface area contributed by atoms with Gasteiger partial charge in [0.15, 0.2) is 0 Å². The minimum atomic E-state index is -0.655. The van der Waals surface area contributed by atoms with Gasteiger partial charge in [0.05, 0.1) is 11.8 Å². The van der Waals surface area contributed by atoms with Gasteiger partial charge >= 0.3 is 11.9 Å². The molecule has 0 aliphatic carbocycles. The van der Waals surface area contributed by atoms with Crippen LogP contribution in [0.3, 0.4) is 0 Å². The molecule has 2 N–H and O–H groups in total. The first-order valence-corrected chi connectivity index (χ1v) is 9.12. The molecule has 0 heterocycles. The zero-order valence-electron chi connectivity index (χ0n) is 15.8. The second-order valence-electron chi connectivity index (χ2n) is 5.91. The van der Waals surface area contributed by atoms with E-state index in [9.17, 15) is 9.59 Å². The lowest BCUT2D eigenvalue weighted by atomic mass is 9.98. The molecule has 0 spiro atoms. The Bertz CT molecular complexity index is 372. The third-order valence-electron chi connectivity index (χ3n) is 3.90. The van der Waals surface area contributed by atoms with Crippen LogP contribution in [-0.2, 0) is 9.59 Å². The molecule has 0 saturated carbocycles. The zero-order valence-corrected chi connectivity index (χ0v) is 15.8. The van der Waals surface area contributed by atoms with Crippen LogP contribution >= 0.6 is 0 Å². The molecular formula is C20H36O4. The first-order chi connectivity index (χ1) is 11.4. The number of rotatable bonds is 12. The lowest BCUT2D eigenvalue weighted by Gasteiger charge is -2.08. The van der Waals surface area contributed by atoms with Crippen LogP contribution in [0.25, 0.3) is 0 Å². The molecule has 140 valence electrons. The van der Waals surface area contributed by atoms with Crippen LogP contribution in [0.4, 0.5) is 0 Å². The summed E-state index contributed by atoms with van der Waals surface area (Å²) >= 11 is 0. The third-order valence-corrected chi connectivity index (χ3v) is 3.90. The summed E-state index contributed by atoms with van der Waals surface area (Å²) in [6, 6.07) is 0. The fourth-order valence-electron chi connectivity index (χ4n) is 2.35. The Morgan fingerprint density at radius 2 is 1.38 bits per heavy atom. The molecule has 0 aliphatic heterocycles. The van der Waals surface area contributed by atoms with Crippen LogP contribution in [-0.4, -0.2) is 22.2 Å². The van der Waals surface area contributed by atoms with Gasteiger partial charge in [0, 0.05) is 0 Å². The Morgan fingerprint density at radius 3 is 1.79 bits per heavy atom. The van der Waals surface area contributed by atoms with Gasteiger partial charge in [-0.25, -0.2) is 0 Å². The van der Waals surface area contributed by atoms with E-state index < -0.39 is 11.9 Å². The summed E-state index contributed by atoms with van der Waals surface area (Å²) in [4.78, 5) is 21.2. The number of carboxylic acid groups (broad SMARTS) is 2. The molecule has 0 aromatic carbocycles. The van der Waals surface area contributed by atoms with Gasteiger partial charge in [-0.05, 0) is 58.8 Å². The smallest absolute Gasteiger partial charge is 0.306 e. The van der Waals surface area contributed by atoms with Crippen molar-refractivity contribution in [3.8, 4) is 0 Å². The predicted octanol–water partition coefficient (Wildman–Crippen LogP) is 5.69. The van der Waals surface area contributed by atoms with Crippen molar-refractivity contribution in [1.82, 2.24) is 0 Å². The van der Waals surface area contributed by atoms with Crippen molar-refractivity contribution < 1.29 is 19.8 Å². The second kappa shape index (κ2) is 17.8. The van der Waals surface area contributed by atoms with Crippen molar-refractivity contribution in [2.45, 2.75) is 79.1 Å². The van der Waals surface area contributed by atoms with E-state index in [0.29, 0.717) is 0 Å². The second-order valence-corrected chi connectivity index (χ2v) is 5.91. The highest BCUT2D eigenvalue weighted by Gasteiger charge is 2.14. The average Bonchev–Trinajstić information content (AvgIpc) is 2.54. The maximum absolute atomic E-state index is 10.7. The van der Waals surface area contributed by atoms with Gasteiger partial charge < -0.3 is 10.2 Å². The lowest BCUT2D eigenvalue weighted by Crippen LogP contribution is -2.12. The molecule has 0 aliphatic rings. The molecule has 2 atom stereocenters. The maximum atomic E-state index is 10.7. The molecule has 0 aromatic rings. The number of carbonyl (C=O) groups is 2. The van der Waals surface area contributed by atoms with Crippen LogP contribution in [0.15, 0.2) is 24.3 Å². The van der Waals surface area contributed by atoms with Crippen molar-refractivity contribution in [1.29, 1.82) is 0 Å². The topological polar surface area (TPSA) is 74.6 Å². The summed E-state index contributed by atoms with van der Waals surface area (Å²) in [6.07, 6.45) is 15.0. The molecule has 0 saturated heterocycles. The van der Waals surface area contributed by atoms with Crippen LogP contribution in [0.1, 0.15) is 79.1 Å². The van der Waals surface area contributed by atoms with E-state index in [-0.39, 0.29) is 11.8 Å². The van der Waals surface area contributed by atoms with Gasteiger partial charge in [0.25, 0.3) is 0 Å². The number of hydrogen-bond acceptors (Lipinski definition) is 2. The molecule has 0 radical (unpaired) electrons. The number of unbranched alkanes of at least 4 members (excludes halogenated alkanes) is 1. The highest BCUT2D eigenvalue weighted by Crippen LogP contribution is 2.14. The van der Waals surface area contributed by atoms with Crippen molar-refractivity contribution in [3.05, 3.63) is 24.3 Å². The van der Waals surface area contributed by atoms with Crippen molar-refractivity contribution in [2.24, 2.45) is 11.8 Å². The van der Waals surface area contributed by atoms with E-state index in [1.54, 1.807) is 0 Å². The Labute approximate surface area is 147 Å². The van der Waals surface area contributed by atoms with Gasteiger partial charge in [-0.3, -0.25) is 9.59 Å². The minimum absolute atomic E-state index is 0.143. The number of aliphatic carboxylic acids is 2. The standard InChI is InChI=1S/2C10H18O2/c1-3-5-6-7-8-9(4-2)10(11)12;1-3-5-6-8-9(7-4-2)10(11)12/h2*3,5,9H,4,6-8H2,1-2H3,(H,11,12)/b2*5-3-. The first kappa shape index (κ1) is 24.7. The molecule has 2 unspecified atom stereocenters. The Morgan fingerprint density at radius 1 is 0.833 bits per heavy atom. The minimum Gasteiger partial charge on any atom is -0.481 e. The van der Waals surface area contributed by atoms with Gasteiger partial charge in [-0.1, -0.05) is 44.6 Å². The third kappa shape index (κ3) is 15.3. The largest absolute Gasteiger partial charge is 0.481 e. The first-order valence-electron chi connectivity index (χ1n) is 9.12. The number of carboxylic acids is 2. The molecule has 0 rings (SSSR count). The van der Waals surface area contributed by atoms with Crippen LogP contribution in [0, 0.1) is 11.8 Å². The molecule has 4 nitrogen and oxygen atoms in total. The van der Waals surface area contributed by atoms with Crippen molar-refractivity contribution in [2.75, 3.05) is 0 Å². The maximum Gasteiger partial charge on any atom is 0.306 e. The van der Waals surface area contributed by atoms with Crippen LogP contribution in [0.2, 0.25) is 0 Å². The highest BCUT2D eigenvalue weighted by molar-refractivity contribution is 5.70. The molecular weight excluding hydrogens is 304 g/mol. The van der Waals surface area contributed by atoms with E-state index in [0.717, 1.165) is 51.4 Å². The molecule has 0 fully saturated rings. The Kier molecular flexibility index (Phi) is 18.3. The Balaban J connectivity index is 0. The Hall–Kier alpha value is -1.58. The molecule has 0 aromatic heterocycles. The summed E-state index contributed by atoms with van der Waals surface area (Å²) < 4.78 is 0. The van der Waals surface area contributed by atoms with E-state index in [1.165, 1.54) is 0 Å². The number of hydrogen-bond donors (Lipinski definition) is 2. The summed E-state index contributed by atoms with van der Waals surface area (Å²) in [7, 11) is 0. The summed E-state index contributed by atoms with van der Waals surface area (Å²) in [5, 5.41) is 17.5. The predicted molar refractivity (Wildman–Crippen MR) is 100 cm³/mol. The fraction of sp³-hybridized carbons (Fsp3) is 0.700. The van der Waals surface area contributed by atoms with E-state index in [4.69, 9.17) is 10.2 Å². The SMILES string of the molecule is C/C=C\CCC(CCC)C(=O)O.C/C=C\CCCC(CC)C(=O)O. The van der Waals surface area contributed by atoms with Gasteiger partial charge in [0.2, 0.25) is 0 Å². The summed E-state index contributed by atoms with van der Waals surface area (Å²) in [5.41, 5.74) is 0.